The van der Waals surface area contributed by atoms with Crippen molar-refractivity contribution in [1.82, 2.24) is 10.2 Å². The Hall–Kier alpha value is -2.11. The summed E-state index contributed by atoms with van der Waals surface area (Å²) < 4.78 is 0.732. The van der Waals surface area contributed by atoms with Crippen molar-refractivity contribution in [3.8, 4) is 6.07 Å². The number of amides is 1. The summed E-state index contributed by atoms with van der Waals surface area (Å²) in [6.45, 7) is 0. The smallest absolute Gasteiger partial charge is 0.234 e. The summed E-state index contributed by atoms with van der Waals surface area (Å²) >= 11 is 2.72. The molecule has 0 radical (unpaired) electrons. The van der Waals surface area contributed by atoms with Gasteiger partial charge in [0.05, 0.1) is 17.4 Å². The van der Waals surface area contributed by atoms with Gasteiger partial charge in [0.25, 0.3) is 0 Å². The molecule has 0 aliphatic rings. The molecule has 2 aromatic rings. The molecule has 0 aliphatic heterocycles. The molecule has 6 nitrogen and oxygen atoms in total. The highest BCUT2D eigenvalue weighted by molar-refractivity contribution is 8.01. The second-order valence-corrected chi connectivity index (χ2v) is 5.85. The van der Waals surface area contributed by atoms with E-state index in [9.17, 15) is 4.79 Å². The van der Waals surface area contributed by atoms with Gasteiger partial charge < -0.3 is 10.6 Å². The molecule has 2 rings (SSSR count). The number of carbonyl (C=O) groups is 1. The van der Waals surface area contributed by atoms with Crippen LogP contribution in [0.3, 0.4) is 0 Å². The van der Waals surface area contributed by atoms with Crippen molar-refractivity contribution in [2.45, 2.75) is 4.34 Å². The first-order valence-corrected chi connectivity index (χ1v) is 7.45. The molecule has 1 amide bonds. The first-order chi connectivity index (χ1) is 9.71. The second-order valence-electron chi connectivity index (χ2n) is 3.65. The van der Waals surface area contributed by atoms with Crippen LogP contribution in [0.15, 0.2) is 28.6 Å². The van der Waals surface area contributed by atoms with E-state index in [2.05, 4.69) is 20.8 Å². The number of carbonyl (C=O) groups excluding carboxylic acids is 1. The second kappa shape index (κ2) is 6.88. The van der Waals surface area contributed by atoms with E-state index in [0.717, 1.165) is 9.47 Å². The summed E-state index contributed by atoms with van der Waals surface area (Å²) in [7, 11) is 1.77. The molecule has 0 unspecified atom stereocenters. The van der Waals surface area contributed by atoms with E-state index in [1.165, 1.54) is 23.1 Å². The molecule has 0 spiro atoms. The van der Waals surface area contributed by atoms with Crippen molar-refractivity contribution in [3.63, 3.8) is 0 Å². The van der Waals surface area contributed by atoms with Gasteiger partial charge in [0, 0.05) is 12.7 Å². The zero-order valence-corrected chi connectivity index (χ0v) is 12.2. The molecule has 1 heterocycles. The van der Waals surface area contributed by atoms with Crippen LogP contribution in [0.1, 0.15) is 5.56 Å². The van der Waals surface area contributed by atoms with Crippen LogP contribution in [0.4, 0.5) is 10.8 Å². The molecule has 0 atom stereocenters. The molecule has 0 saturated carbocycles. The van der Waals surface area contributed by atoms with Gasteiger partial charge in [-0.3, -0.25) is 4.79 Å². The van der Waals surface area contributed by atoms with E-state index in [1.54, 1.807) is 31.3 Å². The van der Waals surface area contributed by atoms with Crippen molar-refractivity contribution in [2.24, 2.45) is 0 Å². The highest BCUT2D eigenvalue weighted by Crippen LogP contribution is 2.25. The molecular formula is C12H11N5OS2. The molecule has 0 aliphatic carbocycles. The number of nitrogens with zero attached hydrogens (tertiary/aromatic N) is 3. The number of rotatable bonds is 5. The van der Waals surface area contributed by atoms with Crippen LogP contribution >= 0.6 is 23.1 Å². The summed E-state index contributed by atoms with van der Waals surface area (Å²) in [5.41, 5.74) is 1.13. The Morgan fingerprint density at radius 3 is 3.05 bits per heavy atom. The van der Waals surface area contributed by atoms with Gasteiger partial charge >= 0.3 is 0 Å². The molecular weight excluding hydrogens is 294 g/mol. The van der Waals surface area contributed by atoms with Gasteiger partial charge in [0.1, 0.15) is 0 Å². The predicted octanol–water partition coefficient (Wildman–Crippen LogP) is 2.18. The normalized spacial score (nSPS) is 9.80. The maximum atomic E-state index is 11.8. The van der Waals surface area contributed by atoms with Crippen molar-refractivity contribution in [3.05, 3.63) is 29.8 Å². The van der Waals surface area contributed by atoms with E-state index in [4.69, 9.17) is 5.26 Å². The lowest BCUT2D eigenvalue weighted by Crippen LogP contribution is -2.13. The number of anilines is 2. The molecule has 1 aromatic heterocycles. The minimum Gasteiger partial charge on any atom is -0.363 e. The lowest BCUT2D eigenvalue weighted by Gasteiger charge is -2.03. The van der Waals surface area contributed by atoms with Crippen LogP contribution in [0.2, 0.25) is 0 Å². The third-order valence-corrected chi connectivity index (χ3v) is 4.30. The van der Waals surface area contributed by atoms with Crippen LogP contribution in [-0.2, 0) is 4.79 Å². The van der Waals surface area contributed by atoms with E-state index in [-0.39, 0.29) is 11.7 Å². The number of hydrogen-bond acceptors (Lipinski definition) is 7. The third kappa shape index (κ3) is 3.94. The Bertz CT molecular complexity index is 649. The fraction of sp³-hybridized carbons (Fsp3) is 0.167. The van der Waals surface area contributed by atoms with Crippen molar-refractivity contribution in [2.75, 3.05) is 23.4 Å². The zero-order chi connectivity index (χ0) is 14.4. The number of benzene rings is 1. The Labute approximate surface area is 124 Å². The Morgan fingerprint density at radius 1 is 1.50 bits per heavy atom. The average Bonchev–Trinajstić information content (AvgIpc) is 2.93. The zero-order valence-electron chi connectivity index (χ0n) is 10.6. The molecule has 0 saturated heterocycles. The van der Waals surface area contributed by atoms with E-state index in [1.807, 2.05) is 6.07 Å². The van der Waals surface area contributed by atoms with E-state index >= 15 is 0 Å². The highest BCUT2D eigenvalue weighted by Gasteiger charge is 2.08. The first-order valence-electron chi connectivity index (χ1n) is 5.65. The van der Waals surface area contributed by atoms with Crippen LogP contribution in [0, 0.1) is 11.3 Å². The minimum absolute atomic E-state index is 0.147. The summed E-state index contributed by atoms with van der Waals surface area (Å²) in [6.07, 6.45) is 0. The molecule has 2 N–H and O–H groups in total. The van der Waals surface area contributed by atoms with Crippen LogP contribution in [0.5, 0.6) is 0 Å². The van der Waals surface area contributed by atoms with Crippen molar-refractivity contribution in [1.29, 1.82) is 5.26 Å². The van der Waals surface area contributed by atoms with Crippen LogP contribution in [-0.4, -0.2) is 28.9 Å². The van der Waals surface area contributed by atoms with Crippen LogP contribution < -0.4 is 10.6 Å². The fourth-order valence-corrected chi connectivity index (χ4v) is 2.87. The quantitative estimate of drug-likeness (QED) is 0.823. The van der Waals surface area contributed by atoms with Gasteiger partial charge in [0.2, 0.25) is 11.0 Å². The fourth-order valence-electron chi connectivity index (χ4n) is 1.36. The van der Waals surface area contributed by atoms with Gasteiger partial charge in [-0.25, -0.2) is 0 Å². The van der Waals surface area contributed by atoms with Crippen LogP contribution in [0.25, 0.3) is 0 Å². The van der Waals surface area contributed by atoms with Crippen molar-refractivity contribution < 1.29 is 4.79 Å². The van der Waals surface area contributed by atoms with Gasteiger partial charge in [0.15, 0.2) is 4.34 Å². The number of nitriles is 1. The molecule has 20 heavy (non-hydrogen) atoms. The molecule has 102 valence electrons. The third-order valence-electron chi connectivity index (χ3n) is 2.22. The molecule has 0 fully saturated rings. The summed E-state index contributed by atoms with van der Waals surface area (Å²) in [4.78, 5) is 11.8. The first kappa shape index (κ1) is 14.3. The van der Waals surface area contributed by atoms with Crippen molar-refractivity contribution >= 4 is 39.8 Å². The standard InChI is InChI=1S/C12H11N5OS2/c1-14-11-16-17-12(20-11)19-7-10(18)15-9-4-2-3-8(5-9)6-13/h2-5H,7H2,1H3,(H,14,16)(H,15,18). The molecule has 1 aromatic carbocycles. The topological polar surface area (TPSA) is 90.7 Å². The minimum atomic E-state index is -0.147. The SMILES string of the molecule is CNc1nnc(SCC(=O)Nc2cccc(C#N)c2)s1. The number of nitrogens with one attached hydrogen (secondary N) is 2. The van der Waals surface area contributed by atoms with Gasteiger partial charge in [-0.15, -0.1) is 10.2 Å². The monoisotopic (exact) mass is 305 g/mol. The van der Waals surface area contributed by atoms with Gasteiger partial charge in [-0.05, 0) is 18.2 Å². The van der Waals surface area contributed by atoms with E-state index < -0.39 is 0 Å². The molecule has 8 heteroatoms. The Balaban J connectivity index is 1.87. The number of aromatic nitrogens is 2. The average molecular weight is 305 g/mol. The number of thioether (sulfide) groups is 1. The number of hydrogen-bond donors (Lipinski definition) is 2. The largest absolute Gasteiger partial charge is 0.363 e. The highest BCUT2D eigenvalue weighted by atomic mass is 32.2. The van der Waals surface area contributed by atoms with E-state index in [0.29, 0.717) is 11.3 Å². The van der Waals surface area contributed by atoms with Gasteiger partial charge in [-0.2, -0.15) is 5.26 Å². The Morgan fingerprint density at radius 2 is 2.35 bits per heavy atom. The summed E-state index contributed by atoms with van der Waals surface area (Å²) in [5, 5.41) is 23.0. The summed E-state index contributed by atoms with van der Waals surface area (Å²) in [6, 6.07) is 8.82. The molecule has 0 bridgehead atoms. The Kier molecular flexibility index (Phi) is 4.92. The van der Waals surface area contributed by atoms with Gasteiger partial charge in [-0.1, -0.05) is 29.2 Å². The predicted molar refractivity (Wildman–Crippen MR) is 80.0 cm³/mol. The lowest BCUT2D eigenvalue weighted by molar-refractivity contribution is -0.113. The lowest BCUT2D eigenvalue weighted by atomic mass is 10.2. The maximum absolute atomic E-state index is 11.8. The summed E-state index contributed by atoms with van der Waals surface area (Å²) in [5.74, 6) is 0.0982. The maximum Gasteiger partial charge on any atom is 0.234 e.